The Balaban J connectivity index is 1.53. The molecule has 4 atom stereocenters. The normalized spacial score (nSPS) is 25.0. The van der Waals surface area contributed by atoms with E-state index in [1.54, 1.807) is 0 Å². The van der Waals surface area contributed by atoms with Crippen LogP contribution in [0.15, 0.2) is 110 Å². The minimum absolute atomic E-state index is 0.245. The van der Waals surface area contributed by atoms with Gasteiger partial charge in [0.15, 0.2) is 24.3 Å². The molecule has 0 unspecified atom stereocenters. The average Bonchev–Trinajstić information content (AvgIpc) is 3.36. The third-order valence-electron chi connectivity index (χ3n) is 6.40. The molecular weight excluding hydrogens is 440 g/mol. The first-order valence-corrected chi connectivity index (χ1v) is 11.8. The van der Waals surface area contributed by atoms with Crippen LogP contribution in [0.2, 0.25) is 0 Å². The molecule has 0 amide bonds. The number of ether oxygens (including phenoxy) is 5. The Kier molecular flexibility index (Phi) is 6.61. The molecule has 2 aliphatic rings. The highest BCUT2D eigenvalue weighted by atomic mass is 16.8. The van der Waals surface area contributed by atoms with E-state index in [0.717, 1.165) is 16.7 Å². The standard InChI is InChI=1S/C30H30O5/c1-4-20-31-26-25(33-28-27(26)34-29(2,3)35-28)21-32-30(22-14-8-5-9-15-22,23-16-10-6-11-17-23)24-18-12-7-13-19-24/h5-20,25-28H,1,21H2,2-3H3/t25-,26+,27-,28-/m1/s1. The number of benzene rings is 3. The van der Waals surface area contributed by atoms with Gasteiger partial charge in [-0.2, -0.15) is 0 Å². The van der Waals surface area contributed by atoms with Gasteiger partial charge in [0.2, 0.25) is 0 Å². The molecule has 0 N–H and O–H groups in total. The van der Waals surface area contributed by atoms with Gasteiger partial charge in [-0.15, -0.1) is 0 Å². The molecule has 180 valence electrons. The fourth-order valence-electron chi connectivity index (χ4n) is 4.95. The fourth-order valence-corrected chi connectivity index (χ4v) is 4.95. The van der Waals surface area contributed by atoms with Crippen molar-refractivity contribution < 1.29 is 23.7 Å². The van der Waals surface area contributed by atoms with Crippen LogP contribution in [0.5, 0.6) is 0 Å². The van der Waals surface area contributed by atoms with Crippen LogP contribution in [-0.2, 0) is 29.3 Å². The lowest BCUT2D eigenvalue weighted by atomic mass is 9.80. The highest BCUT2D eigenvalue weighted by molar-refractivity contribution is 5.47. The molecule has 5 heteroatoms. The van der Waals surface area contributed by atoms with Gasteiger partial charge in [-0.1, -0.05) is 103 Å². The summed E-state index contributed by atoms with van der Waals surface area (Å²) in [5.74, 6) is -0.747. The maximum Gasteiger partial charge on any atom is 0.191 e. The van der Waals surface area contributed by atoms with Gasteiger partial charge in [-0.05, 0) is 30.5 Å². The Bertz CT molecular complexity index is 1060. The van der Waals surface area contributed by atoms with E-state index in [1.807, 2.05) is 68.4 Å². The second-order valence-corrected chi connectivity index (χ2v) is 9.16. The van der Waals surface area contributed by atoms with Crippen molar-refractivity contribution in [3.05, 3.63) is 126 Å². The summed E-state index contributed by atoms with van der Waals surface area (Å²) < 4.78 is 31.2. The monoisotopic (exact) mass is 470 g/mol. The predicted octanol–water partition coefficient (Wildman–Crippen LogP) is 5.56. The van der Waals surface area contributed by atoms with E-state index in [1.165, 1.54) is 6.26 Å². The highest BCUT2D eigenvalue weighted by Crippen LogP contribution is 2.43. The molecule has 0 radical (unpaired) electrons. The van der Waals surface area contributed by atoms with Crippen LogP contribution in [0.3, 0.4) is 0 Å². The Morgan fingerprint density at radius 3 is 1.86 bits per heavy atom. The van der Waals surface area contributed by atoms with E-state index in [0.29, 0.717) is 0 Å². The zero-order valence-corrected chi connectivity index (χ0v) is 20.0. The summed E-state index contributed by atoms with van der Waals surface area (Å²) in [6.45, 7) is 7.59. The van der Waals surface area contributed by atoms with Gasteiger partial charge >= 0.3 is 0 Å². The van der Waals surface area contributed by atoms with Gasteiger partial charge in [-0.3, -0.25) is 0 Å². The van der Waals surface area contributed by atoms with Crippen molar-refractivity contribution in [1.29, 1.82) is 0 Å². The van der Waals surface area contributed by atoms with Crippen molar-refractivity contribution >= 4 is 0 Å². The van der Waals surface area contributed by atoms with E-state index in [-0.39, 0.29) is 12.7 Å². The third kappa shape index (κ3) is 4.57. The van der Waals surface area contributed by atoms with Crippen LogP contribution in [-0.4, -0.2) is 37.0 Å². The molecule has 5 nitrogen and oxygen atoms in total. The van der Waals surface area contributed by atoms with Gasteiger partial charge in [0.05, 0.1) is 6.61 Å². The second kappa shape index (κ2) is 9.82. The Morgan fingerprint density at radius 2 is 1.37 bits per heavy atom. The van der Waals surface area contributed by atoms with Gasteiger partial charge in [0, 0.05) is 0 Å². The maximum atomic E-state index is 6.93. The SMILES string of the molecule is C=C=CO[C@@H]1[C@H]2OC(C)(C)O[C@H]2O[C@@H]1COC(c1ccccc1)(c1ccccc1)c1ccccc1. The van der Waals surface area contributed by atoms with Gasteiger partial charge in [-0.25, -0.2) is 0 Å². The zero-order chi connectivity index (χ0) is 24.3. The van der Waals surface area contributed by atoms with Gasteiger partial charge in [0.25, 0.3) is 0 Å². The molecule has 3 aromatic carbocycles. The first kappa shape index (κ1) is 23.6. The van der Waals surface area contributed by atoms with Crippen LogP contribution in [0.4, 0.5) is 0 Å². The second-order valence-electron chi connectivity index (χ2n) is 9.16. The molecular formula is C30H30O5. The van der Waals surface area contributed by atoms with Crippen molar-refractivity contribution in [3.63, 3.8) is 0 Å². The summed E-state index contributed by atoms with van der Waals surface area (Å²) in [7, 11) is 0. The largest absolute Gasteiger partial charge is 0.484 e. The molecule has 0 aliphatic carbocycles. The maximum absolute atomic E-state index is 6.93. The Hall–Kier alpha value is -3.18. The summed E-state index contributed by atoms with van der Waals surface area (Å²) in [5, 5.41) is 0. The summed E-state index contributed by atoms with van der Waals surface area (Å²) in [6.07, 6.45) is -0.349. The third-order valence-corrected chi connectivity index (χ3v) is 6.40. The van der Waals surface area contributed by atoms with Crippen molar-refractivity contribution in [1.82, 2.24) is 0 Å². The van der Waals surface area contributed by atoms with E-state index in [9.17, 15) is 0 Å². The van der Waals surface area contributed by atoms with Crippen LogP contribution in [0.25, 0.3) is 0 Å². The fraction of sp³-hybridized carbons (Fsp3) is 0.300. The van der Waals surface area contributed by atoms with E-state index >= 15 is 0 Å². The van der Waals surface area contributed by atoms with Crippen LogP contribution in [0.1, 0.15) is 30.5 Å². The first-order valence-electron chi connectivity index (χ1n) is 11.8. The van der Waals surface area contributed by atoms with Crippen molar-refractivity contribution in [2.45, 2.75) is 49.8 Å². The van der Waals surface area contributed by atoms with Gasteiger partial charge in [0.1, 0.15) is 18.0 Å². The molecule has 2 heterocycles. The summed E-state index contributed by atoms with van der Waals surface area (Å²) in [6, 6.07) is 30.7. The van der Waals surface area contributed by atoms with Crippen molar-refractivity contribution in [2.24, 2.45) is 0 Å². The quantitative estimate of drug-likeness (QED) is 0.245. The molecule has 0 saturated carbocycles. The molecule has 2 saturated heterocycles. The summed E-state index contributed by atoms with van der Waals surface area (Å²) >= 11 is 0. The smallest absolute Gasteiger partial charge is 0.191 e. The van der Waals surface area contributed by atoms with Crippen LogP contribution in [0, 0.1) is 0 Å². The lowest BCUT2D eigenvalue weighted by molar-refractivity contribution is -0.223. The Labute approximate surface area is 206 Å². The topological polar surface area (TPSA) is 46.2 Å². The Morgan fingerprint density at radius 1 is 0.857 bits per heavy atom. The predicted molar refractivity (Wildman–Crippen MR) is 132 cm³/mol. The average molecular weight is 471 g/mol. The molecule has 2 fully saturated rings. The van der Waals surface area contributed by atoms with Crippen LogP contribution >= 0.6 is 0 Å². The van der Waals surface area contributed by atoms with Crippen molar-refractivity contribution in [2.75, 3.05) is 6.61 Å². The number of hydrogen-bond acceptors (Lipinski definition) is 5. The number of rotatable bonds is 8. The number of hydrogen-bond donors (Lipinski definition) is 0. The molecule has 0 spiro atoms. The van der Waals surface area contributed by atoms with Crippen LogP contribution < -0.4 is 0 Å². The zero-order valence-electron chi connectivity index (χ0n) is 20.0. The van der Waals surface area contributed by atoms with E-state index in [2.05, 4.69) is 48.7 Å². The van der Waals surface area contributed by atoms with Crippen molar-refractivity contribution in [3.8, 4) is 0 Å². The lowest BCUT2D eigenvalue weighted by Gasteiger charge is -2.37. The highest BCUT2D eigenvalue weighted by Gasteiger charge is 2.56. The molecule has 35 heavy (non-hydrogen) atoms. The molecule has 3 aromatic rings. The molecule has 0 bridgehead atoms. The summed E-state index contributed by atoms with van der Waals surface area (Å²) in [5.41, 5.74) is 4.88. The molecule has 0 aromatic heterocycles. The molecule has 5 rings (SSSR count). The van der Waals surface area contributed by atoms with E-state index in [4.69, 9.17) is 23.7 Å². The molecule has 2 aliphatic heterocycles. The number of fused-ring (bicyclic) bond motifs is 1. The van der Waals surface area contributed by atoms with E-state index < -0.39 is 29.9 Å². The minimum atomic E-state index is -0.856. The minimum Gasteiger partial charge on any atom is -0.484 e. The summed E-state index contributed by atoms with van der Waals surface area (Å²) in [4.78, 5) is 0. The first-order chi connectivity index (χ1) is 17.0. The van der Waals surface area contributed by atoms with Gasteiger partial charge < -0.3 is 23.7 Å². The lowest BCUT2D eigenvalue weighted by Crippen LogP contribution is -2.41.